The Hall–Kier alpha value is -3.12. The molecule has 5 nitrogen and oxygen atoms in total. The number of nitrogens with zero attached hydrogens (tertiary/aromatic N) is 1. The molecule has 2 amide bonds. The van der Waals surface area contributed by atoms with Crippen LogP contribution in [0.25, 0.3) is 0 Å². The fourth-order valence-corrected chi connectivity index (χ4v) is 3.83. The van der Waals surface area contributed by atoms with Crippen LogP contribution in [-0.2, 0) is 11.3 Å². The zero-order valence-electron chi connectivity index (χ0n) is 15.6. The maximum Gasteiger partial charge on any atom is 0.268 e. The van der Waals surface area contributed by atoms with Crippen molar-refractivity contribution >= 4 is 34.5 Å². The summed E-state index contributed by atoms with van der Waals surface area (Å²) in [5, 5.41) is 4.75. The van der Waals surface area contributed by atoms with Crippen molar-refractivity contribution < 1.29 is 14.3 Å². The van der Waals surface area contributed by atoms with E-state index < -0.39 is 6.10 Å². The highest BCUT2D eigenvalue weighted by Gasteiger charge is 2.32. The summed E-state index contributed by atoms with van der Waals surface area (Å²) < 4.78 is 5.77. The summed E-state index contributed by atoms with van der Waals surface area (Å²) in [5.74, 6) is 0.365. The van der Waals surface area contributed by atoms with Gasteiger partial charge in [0.05, 0.1) is 17.1 Å². The number of amides is 2. The first-order valence-corrected chi connectivity index (χ1v) is 9.92. The molecule has 1 aliphatic heterocycles. The summed E-state index contributed by atoms with van der Waals surface area (Å²) in [4.78, 5) is 27.6. The predicted octanol–water partition coefficient (Wildman–Crippen LogP) is 4.62. The van der Waals surface area contributed by atoms with Crippen molar-refractivity contribution in [1.82, 2.24) is 0 Å². The van der Waals surface area contributed by atoms with E-state index in [4.69, 9.17) is 4.74 Å². The summed E-state index contributed by atoms with van der Waals surface area (Å²) in [6, 6.07) is 17.0. The first-order chi connectivity index (χ1) is 13.5. The molecule has 142 valence electrons. The van der Waals surface area contributed by atoms with E-state index in [0.717, 1.165) is 11.1 Å². The van der Waals surface area contributed by atoms with Crippen molar-refractivity contribution in [3.63, 3.8) is 0 Å². The van der Waals surface area contributed by atoms with Gasteiger partial charge in [0.25, 0.3) is 11.8 Å². The zero-order chi connectivity index (χ0) is 19.7. The molecular weight excluding hydrogens is 372 g/mol. The van der Waals surface area contributed by atoms with Crippen molar-refractivity contribution in [3.8, 4) is 5.75 Å². The number of rotatable bonds is 4. The predicted molar refractivity (Wildman–Crippen MR) is 111 cm³/mol. The number of fused-ring (bicyclic) bond motifs is 1. The molecule has 1 atom stereocenters. The van der Waals surface area contributed by atoms with Gasteiger partial charge in [0.2, 0.25) is 0 Å². The Bertz CT molecular complexity index is 1030. The Morgan fingerprint density at radius 2 is 2.00 bits per heavy atom. The molecule has 0 spiro atoms. The standard InChI is InChI=1S/C22H20N2O3S/c1-14-6-3-4-7-16(14)13-24-18-12-17(23-21(25)20-8-5-11-28-20)9-10-19(18)27-15(2)22(24)26/h3-12,15H,13H2,1-2H3,(H,23,25). The third kappa shape index (κ3) is 3.51. The number of thiophene rings is 1. The van der Waals surface area contributed by atoms with Gasteiger partial charge in [-0.15, -0.1) is 11.3 Å². The monoisotopic (exact) mass is 392 g/mol. The van der Waals surface area contributed by atoms with Crippen LogP contribution in [0.5, 0.6) is 5.75 Å². The highest BCUT2D eigenvalue weighted by molar-refractivity contribution is 7.12. The number of benzene rings is 2. The number of ether oxygens (including phenoxy) is 1. The first-order valence-electron chi connectivity index (χ1n) is 9.04. The molecule has 4 rings (SSSR count). The Balaban J connectivity index is 1.66. The van der Waals surface area contributed by atoms with E-state index in [-0.39, 0.29) is 11.8 Å². The van der Waals surface area contributed by atoms with E-state index in [1.165, 1.54) is 11.3 Å². The Kier molecular flexibility index (Phi) is 4.88. The lowest BCUT2D eigenvalue weighted by atomic mass is 10.1. The summed E-state index contributed by atoms with van der Waals surface area (Å²) >= 11 is 1.38. The van der Waals surface area contributed by atoms with Crippen molar-refractivity contribution in [2.24, 2.45) is 0 Å². The van der Waals surface area contributed by atoms with Crippen LogP contribution in [0.1, 0.15) is 27.7 Å². The first kappa shape index (κ1) is 18.3. The van der Waals surface area contributed by atoms with Gasteiger partial charge in [-0.2, -0.15) is 0 Å². The zero-order valence-corrected chi connectivity index (χ0v) is 16.5. The van der Waals surface area contributed by atoms with Gasteiger partial charge in [-0.3, -0.25) is 9.59 Å². The van der Waals surface area contributed by atoms with Gasteiger partial charge < -0.3 is 15.0 Å². The second-order valence-electron chi connectivity index (χ2n) is 6.72. The second-order valence-corrected chi connectivity index (χ2v) is 7.67. The van der Waals surface area contributed by atoms with E-state index in [2.05, 4.69) is 5.32 Å². The lowest BCUT2D eigenvalue weighted by Gasteiger charge is -2.33. The maximum absolute atomic E-state index is 12.8. The second kappa shape index (κ2) is 7.48. The SMILES string of the molecule is Cc1ccccc1CN1C(=O)C(C)Oc2ccc(NC(=O)c3cccs3)cc21. The highest BCUT2D eigenvalue weighted by atomic mass is 32.1. The number of carbonyl (C=O) groups is 2. The van der Waals surface area contributed by atoms with E-state index in [9.17, 15) is 9.59 Å². The minimum atomic E-state index is -0.553. The third-order valence-electron chi connectivity index (χ3n) is 4.76. The molecule has 1 aromatic heterocycles. The fourth-order valence-electron chi connectivity index (χ4n) is 3.21. The van der Waals surface area contributed by atoms with Crippen LogP contribution in [0.3, 0.4) is 0 Å². The number of anilines is 2. The van der Waals surface area contributed by atoms with E-state index >= 15 is 0 Å². The van der Waals surface area contributed by atoms with Gasteiger partial charge in [-0.25, -0.2) is 0 Å². The number of aryl methyl sites for hydroxylation is 1. The molecule has 0 fully saturated rings. The van der Waals surface area contributed by atoms with Crippen LogP contribution < -0.4 is 15.0 Å². The van der Waals surface area contributed by atoms with Crippen LogP contribution in [0.2, 0.25) is 0 Å². The fraction of sp³-hybridized carbons (Fsp3) is 0.182. The van der Waals surface area contributed by atoms with Gasteiger partial charge >= 0.3 is 0 Å². The van der Waals surface area contributed by atoms with Crippen LogP contribution >= 0.6 is 11.3 Å². The smallest absolute Gasteiger partial charge is 0.268 e. The summed E-state index contributed by atoms with van der Waals surface area (Å²) in [6.07, 6.45) is -0.553. The highest BCUT2D eigenvalue weighted by Crippen LogP contribution is 2.37. The van der Waals surface area contributed by atoms with Crippen molar-refractivity contribution in [2.75, 3.05) is 10.2 Å². The van der Waals surface area contributed by atoms with Gasteiger partial charge in [-0.1, -0.05) is 30.3 Å². The minimum Gasteiger partial charge on any atom is -0.479 e. The van der Waals surface area contributed by atoms with Crippen molar-refractivity contribution in [1.29, 1.82) is 0 Å². The lowest BCUT2D eigenvalue weighted by Crippen LogP contribution is -2.44. The Labute approximate surface area is 167 Å². The van der Waals surface area contributed by atoms with Crippen LogP contribution in [0, 0.1) is 6.92 Å². The molecule has 1 N–H and O–H groups in total. The molecule has 1 unspecified atom stereocenters. The van der Waals surface area contributed by atoms with Crippen LogP contribution in [-0.4, -0.2) is 17.9 Å². The quantitative estimate of drug-likeness (QED) is 0.705. The topological polar surface area (TPSA) is 58.6 Å². The van der Waals surface area contributed by atoms with Crippen LogP contribution in [0.15, 0.2) is 60.0 Å². The van der Waals surface area contributed by atoms with Crippen molar-refractivity contribution in [2.45, 2.75) is 26.5 Å². The molecule has 0 saturated heterocycles. The summed E-state index contributed by atoms with van der Waals surface area (Å²) in [5.41, 5.74) is 3.48. The average Bonchev–Trinajstić information content (AvgIpc) is 3.22. The number of carbonyl (C=O) groups excluding carboxylic acids is 2. The summed E-state index contributed by atoms with van der Waals surface area (Å²) in [6.45, 7) is 4.24. The molecule has 0 aliphatic carbocycles. The molecule has 0 saturated carbocycles. The van der Waals surface area contributed by atoms with Gasteiger partial charge in [0.1, 0.15) is 5.75 Å². The van der Waals surface area contributed by atoms with Gasteiger partial charge in [0, 0.05) is 5.69 Å². The molecule has 28 heavy (non-hydrogen) atoms. The lowest BCUT2D eigenvalue weighted by molar-refractivity contribution is -0.125. The van der Waals surface area contributed by atoms with Crippen molar-refractivity contribution in [3.05, 3.63) is 76.0 Å². The average molecular weight is 392 g/mol. The normalized spacial score (nSPS) is 15.7. The third-order valence-corrected chi connectivity index (χ3v) is 5.63. The Morgan fingerprint density at radius 3 is 2.75 bits per heavy atom. The minimum absolute atomic E-state index is 0.0995. The number of hydrogen-bond donors (Lipinski definition) is 1. The molecule has 0 bridgehead atoms. The molecule has 3 aromatic rings. The molecule has 0 radical (unpaired) electrons. The number of nitrogens with one attached hydrogen (secondary N) is 1. The molecular formula is C22H20N2O3S. The number of hydrogen-bond acceptors (Lipinski definition) is 4. The van der Waals surface area contributed by atoms with Gasteiger partial charge in [0.15, 0.2) is 6.10 Å². The Morgan fingerprint density at radius 1 is 1.18 bits per heavy atom. The largest absolute Gasteiger partial charge is 0.479 e. The maximum atomic E-state index is 12.8. The van der Waals surface area contributed by atoms with E-state index in [0.29, 0.717) is 28.5 Å². The van der Waals surface area contributed by atoms with Gasteiger partial charge in [-0.05, 0) is 54.6 Å². The molecule has 6 heteroatoms. The van der Waals surface area contributed by atoms with E-state index in [1.807, 2.05) is 42.6 Å². The molecule has 2 heterocycles. The molecule has 1 aliphatic rings. The van der Waals surface area contributed by atoms with E-state index in [1.54, 1.807) is 36.1 Å². The molecule has 2 aromatic carbocycles. The summed E-state index contributed by atoms with van der Waals surface area (Å²) in [7, 11) is 0. The van der Waals surface area contributed by atoms with Crippen LogP contribution in [0.4, 0.5) is 11.4 Å².